The van der Waals surface area contributed by atoms with E-state index in [0.29, 0.717) is 34.8 Å². The third-order valence-electron chi connectivity index (χ3n) is 3.41. The summed E-state index contributed by atoms with van der Waals surface area (Å²) in [5, 5.41) is 5.20. The Kier molecular flexibility index (Phi) is 4.84. The molecular weight excluding hydrogens is 356 g/mol. The van der Waals surface area contributed by atoms with Crippen molar-refractivity contribution in [1.29, 1.82) is 0 Å². The molecule has 0 aromatic carbocycles. The van der Waals surface area contributed by atoms with Gasteiger partial charge in [-0.05, 0) is 12.1 Å². The maximum absolute atomic E-state index is 12.3. The molecule has 1 fully saturated rings. The zero-order chi connectivity index (χ0) is 16.4. The molecule has 0 spiro atoms. The first kappa shape index (κ1) is 16.2. The summed E-state index contributed by atoms with van der Waals surface area (Å²) >= 11 is 8.75. The van der Waals surface area contributed by atoms with Gasteiger partial charge in [-0.1, -0.05) is 11.6 Å². The molecule has 0 unspecified atom stereocenters. The Bertz CT molecular complexity index is 730. The number of carbonyl (C=O) groups is 2. The van der Waals surface area contributed by atoms with Crippen molar-refractivity contribution in [2.24, 2.45) is 0 Å². The molecule has 0 bridgehead atoms. The highest BCUT2D eigenvalue weighted by Gasteiger charge is 2.24. The maximum atomic E-state index is 12.3. The maximum Gasteiger partial charge on any atom is 0.323 e. The van der Waals surface area contributed by atoms with Gasteiger partial charge in [0.1, 0.15) is 0 Å². The van der Waals surface area contributed by atoms with Gasteiger partial charge in [-0.2, -0.15) is 0 Å². The van der Waals surface area contributed by atoms with Crippen molar-refractivity contribution >= 4 is 51.3 Å². The standard InChI is InChI=1S/C14H15ClN4O2S2/c1-18(7-10-2-3-11(15)23-10)12(20)6-9-8-22-14(17-9)19-5-4-16-13(19)21/h2-3,8H,4-7H2,1H3,(H,16,21). The minimum absolute atomic E-state index is 0.0164. The van der Waals surface area contributed by atoms with Crippen LogP contribution < -0.4 is 10.2 Å². The first-order valence-electron chi connectivity index (χ1n) is 7.01. The summed E-state index contributed by atoms with van der Waals surface area (Å²) in [6.45, 7) is 1.76. The van der Waals surface area contributed by atoms with Crippen molar-refractivity contribution in [1.82, 2.24) is 15.2 Å². The van der Waals surface area contributed by atoms with Gasteiger partial charge < -0.3 is 10.2 Å². The fraction of sp³-hybridized carbons (Fsp3) is 0.357. The molecule has 23 heavy (non-hydrogen) atoms. The number of amides is 3. The van der Waals surface area contributed by atoms with E-state index >= 15 is 0 Å². The van der Waals surface area contributed by atoms with E-state index in [0.717, 1.165) is 4.88 Å². The molecule has 6 nitrogen and oxygen atoms in total. The third kappa shape index (κ3) is 3.82. The van der Waals surface area contributed by atoms with Crippen LogP contribution in [-0.4, -0.2) is 42.0 Å². The van der Waals surface area contributed by atoms with E-state index in [2.05, 4.69) is 10.3 Å². The molecule has 1 saturated heterocycles. The summed E-state index contributed by atoms with van der Waals surface area (Å²) in [5.74, 6) is -0.0164. The minimum atomic E-state index is -0.135. The molecule has 0 saturated carbocycles. The highest BCUT2D eigenvalue weighted by molar-refractivity contribution is 7.16. The van der Waals surface area contributed by atoms with Crippen molar-refractivity contribution in [3.8, 4) is 0 Å². The number of nitrogens with one attached hydrogen (secondary N) is 1. The van der Waals surface area contributed by atoms with Crippen LogP contribution >= 0.6 is 34.3 Å². The molecule has 2 aromatic rings. The van der Waals surface area contributed by atoms with Crippen LogP contribution in [0.15, 0.2) is 17.5 Å². The Hall–Kier alpha value is -1.64. The van der Waals surface area contributed by atoms with Crippen LogP contribution in [0.3, 0.4) is 0 Å². The van der Waals surface area contributed by atoms with Crippen molar-refractivity contribution < 1.29 is 9.59 Å². The van der Waals surface area contributed by atoms with Gasteiger partial charge in [-0.25, -0.2) is 9.78 Å². The summed E-state index contributed by atoms with van der Waals surface area (Å²) in [6.07, 6.45) is 0.224. The van der Waals surface area contributed by atoms with E-state index in [1.807, 2.05) is 17.5 Å². The Labute approximate surface area is 146 Å². The number of aromatic nitrogens is 1. The molecule has 3 heterocycles. The van der Waals surface area contributed by atoms with Gasteiger partial charge in [-0.15, -0.1) is 22.7 Å². The van der Waals surface area contributed by atoms with Crippen LogP contribution in [0.5, 0.6) is 0 Å². The van der Waals surface area contributed by atoms with Crippen LogP contribution in [0.25, 0.3) is 0 Å². The molecule has 9 heteroatoms. The normalized spacial score (nSPS) is 14.2. The van der Waals surface area contributed by atoms with Crippen LogP contribution in [0.2, 0.25) is 4.34 Å². The highest BCUT2D eigenvalue weighted by Crippen LogP contribution is 2.24. The van der Waals surface area contributed by atoms with E-state index in [1.54, 1.807) is 16.8 Å². The van der Waals surface area contributed by atoms with E-state index in [4.69, 9.17) is 11.6 Å². The number of hydrogen-bond acceptors (Lipinski definition) is 5. The lowest BCUT2D eigenvalue weighted by Crippen LogP contribution is -2.28. The van der Waals surface area contributed by atoms with Gasteiger partial charge in [0.15, 0.2) is 5.13 Å². The lowest BCUT2D eigenvalue weighted by atomic mass is 10.3. The van der Waals surface area contributed by atoms with E-state index < -0.39 is 0 Å². The zero-order valence-electron chi connectivity index (χ0n) is 12.4. The molecule has 3 rings (SSSR count). The number of anilines is 1. The van der Waals surface area contributed by atoms with Gasteiger partial charge in [0.05, 0.1) is 23.0 Å². The monoisotopic (exact) mass is 370 g/mol. The van der Waals surface area contributed by atoms with Crippen LogP contribution in [0, 0.1) is 0 Å². The quantitative estimate of drug-likeness (QED) is 0.879. The Morgan fingerprint density at radius 2 is 2.35 bits per heavy atom. The molecule has 122 valence electrons. The second-order valence-corrected chi connectivity index (χ2v) is 7.77. The van der Waals surface area contributed by atoms with E-state index in [1.165, 1.54) is 22.7 Å². The average molecular weight is 371 g/mol. The molecule has 0 atom stereocenters. The number of nitrogens with zero attached hydrogens (tertiary/aromatic N) is 3. The van der Waals surface area contributed by atoms with Crippen molar-refractivity contribution in [2.75, 3.05) is 25.0 Å². The highest BCUT2D eigenvalue weighted by atomic mass is 35.5. The molecule has 2 aromatic heterocycles. The molecule has 3 amide bonds. The molecule has 1 aliphatic rings. The van der Waals surface area contributed by atoms with Crippen LogP contribution in [0.4, 0.5) is 9.93 Å². The Morgan fingerprint density at radius 3 is 3.00 bits per heavy atom. The lowest BCUT2D eigenvalue weighted by Gasteiger charge is -2.15. The van der Waals surface area contributed by atoms with E-state index in [-0.39, 0.29) is 18.4 Å². The number of thiazole rings is 1. The summed E-state index contributed by atoms with van der Waals surface area (Å²) in [6, 6.07) is 3.61. The summed E-state index contributed by atoms with van der Waals surface area (Å²) < 4.78 is 0.717. The second-order valence-electron chi connectivity index (χ2n) is 5.14. The van der Waals surface area contributed by atoms with Gasteiger partial charge >= 0.3 is 6.03 Å². The zero-order valence-corrected chi connectivity index (χ0v) is 14.8. The fourth-order valence-electron chi connectivity index (χ4n) is 2.20. The van der Waals surface area contributed by atoms with Gasteiger partial charge in [0.2, 0.25) is 5.91 Å². The largest absolute Gasteiger partial charge is 0.340 e. The lowest BCUT2D eigenvalue weighted by molar-refractivity contribution is -0.129. The van der Waals surface area contributed by atoms with Gasteiger partial charge in [0.25, 0.3) is 0 Å². The minimum Gasteiger partial charge on any atom is -0.340 e. The molecular formula is C14H15ClN4O2S2. The van der Waals surface area contributed by atoms with E-state index in [9.17, 15) is 9.59 Å². The summed E-state index contributed by atoms with van der Waals surface area (Å²) in [4.78, 5) is 32.6. The number of likely N-dealkylation sites (N-methyl/N-ethyl adjacent to an activating group) is 1. The summed E-state index contributed by atoms with van der Waals surface area (Å²) in [5.41, 5.74) is 0.686. The smallest absolute Gasteiger partial charge is 0.323 e. The van der Waals surface area contributed by atoms with Crippen molar-refractivity contribution in [3.63, 3.8) is 0 Å². The SMILES string of the molecule is CN(Cc1ccc(Cl)s1)C(=O)Cc1csc(N2CCNC2=O)n1. The molecule has 1 aliphatic heterocycles. The first-order valence-corrected chi connectivity index (χ1v) is 9.08. The number of rotatable bonds is 5. The Morgan fingerprint density at radius 1 is 1.52 bits per heavy atom. The van der Waals surface area contributed by atoms with Crippen LogP contribution in [0.1, 0.15) is 10.6 Å². The van der Waals surface area contributed by atoms with Gasteiger partial charge in [0, 0.05) is 30.4 Å². The number of carbonyl (C=O) groups excluding carboxylic acids is 2. The summed E-state index contributed by atoms with van der Waals surface area (Å²) in [7, 11) is 1.76. The predicted octanol–water partition coefficient (Wildman–Crippen LogP) is 2.59. The predicted molar refractivity (Wildman–Crippen MR) is 92.4 cm³/mol. The Balaban J connectivity index is 1.59. The second kappa shape index (κ2) is 6.86. The number of hydrogen-bond donors (Lipinski definition) is 1. The molecule has 0 aliphatic carbocycles. The number of halogens is 1. The van der Waals surface area contributed by atoms with Crippen molar-refractivity contribution in [3.05, 3.63) is 32.4 Å². The topological polar surface area (TPSA) is 65.5 Å². The number of urea groups is 1. The number of thiophene rings is 1. The third-order valence-corrected chi connectivity index (χ3v) is 5.54. The van der Waals surface area contributed by atoms with Crippen LogP contribution in [-0.2, 0) is 17.8 Å². The van der Waals surface area contributed by atoms with Gasteiger partial charge in [-0.3, -0.25) is 9.69 Å². The molecule has 1 N–H and O–H groups in total. The fourth-order valence-corrected chi connectivity index (χ4v) is 4.19. The first-order chi connectivity index (χ1) is 11.0. The average Bonchev–Trinajstić information content (AvgIpc) is 3.21. The van der Waals surface area contributed by atoms with Crippen molar-refractivity contribution in [2.45, 2.75) is 13.0 Å². The molecule has 0 radical (unpaired) electrons.